The minimum atomic E-state index is -0.460. The summed E-state index contributed by atoms with van der Waals surface area (Å²) in [6.45, 7) is 7.60. The molecule has 1 unspecified atom stereocenters. The highest BCUT2D eigenvalue weighted by Gasteiger charge is 2.11. The Bertz CT molecular complexity index is 322. The second-order valence-electron chi connectivity index (χ2n) is 4.76. The van der Waals surface area contributed by atoms with Crippen molar-refractivity contribution in [3.8, 4) is 0 Å². The second kappa shape index (κ2) is 6.79. The number of aryl methyl sites for hydroxylation is 1. The molecule has 4 heteroatoms. The Kier molecular flexibility index (Phi) is 5.68. The number of aliphatic hydroxyl groups is 1. The Morgan fingerprint density at radius 2 is 2.18 bits per heavy atom. The Hall–Kier alpha value is -0.840. The van der Waals surface area contributed by atoms with Crippen LogP contribution < -0.4 is 0 Å². The van der Waals surface area contributed by atoms with Crippen LogP contribution in [0.1, 0.15) is 25.2 Å². The standard InChI is InChI=1S/C13H23NO3/c1-10(2)17-9-12(15)7-14(4)8-13-11(3)5-6-16-13/h5-6,10,12,15H,7-9H2,1-4H3. The van der Waals surface area contributed by atoms with Crippen LogP contribution in [0, 0.1) is 6.92 Å². The van der Waals surface area contributed by atoms with Gasteiger partial charge in [0.2, 0.25) is 0 Å². The number of aliphatic hydroxyl groups excluding tert-OH is 1. The molecule has 0 bridgehead atoms. The minimum Gasteiger partial charge on any atom is -0.468 e. The molecule has 1 N–H and O–H groups in total. The van der Waals surface area contributed by atoms with Crippen molar-refractivity contribution in [3.05, 3.63) is 23.7 Å². The molecule has 1 heterocycles. The number of likely N-dealkylation sites (N-methyl/N-ethyl adjacent to an activating group) is 1. The highest BCUT2D eigenvalue weighted by atomic mass is 16.5. The fraction of sp³-hybridized carbons (Fsp3) is 0.692. The zero-order valence-corrected chi connectivity index (χ0v) is 11.1. The van der Waals surface area contributed by atoms with Gasteiger partial charge < -0.3 is 14.3 Å². The lowest BCUT2D eigenvalue weighted by Crippen LogP contribution is -2.32. The number of furan rings is 1. The van der Waals surface area contributed by atoms with Crippen LogP contribution in [0.5, 0.6) is 0 Å². The van der Waals surface area contributed by atoms with Crippen LogP contribution in [0.15, 0.2) is 16.7 Å². The number of hydrogen-bond donors (Lipinski definition) is 1. The molecule has 98 valence electrons. The van der Waals surface area contributed by atoms with E-state index in [4.69, 9.17) is 9.15 Å². The van der Waals surface area contributed by atoms with Crippen LogP contribution in [-0.4, -0.2) is 42.4 Å². The molecule has 0 aliphatic carbocycles. The number of nitrogens with zero attached hydrogens (tertiary/aromatic N) is 1. The predicted octanol–water partition coefficient (Wildman–Crippen LogP) is 1.81. The normalized spacial score (nSPS) is 13.6. The van der Waals surface area contributed by atoms with Gasteiger partial charge in [-0.15, -0.1) is 0 Å². The maximum atomic E-state index is 9.77. The van der Waals surface area contributed by atoms with Crippen LogP contribution >= 0.6 is 0 Å². The summed E-state index contributed by atoms with van der Waals surface area (Å²) in [5.41, 5.74) is 1.14. The summed E-state index contributed by atoms with van der Waals surface area (Å²) in [7, 11) is 1.96. The zero-order chi connectivity index (χ0) is 12.8. The van der Waals surface area contributed by atoms with Gasteiger partial charge in [0.1, 0.15) is 5.76 Å². The second-order valence-corrected chi connectivity index (χ2v) is 4.76. The molecule has 1 aromatic heterocycles. The molecule has 0 aliphatic heterocycles. The van der Waals surface area contributed by atoms with Gasteiger partial charge in [-0.1, -0.05) is 0 Å². The molecule has 0 saturated carbocycles. The van der Waals surface area contributed by atoms with E-state index in [1.165, 1.54) is 0 Å². The summed E-state index contributed by atoms with van der Waals surface area (Å²) in [6, 6.07) is 1.95. The van der Waals surface area contributed by atoms with Crippen LogP contribution in [0.4, 0.5) is 0 Å². The molecular weight excluding hydrogens is 218 g/mol. The van der Waals surface area contributed by atoms with Crippen LogP contribution in [0.25, 0.3) is 0 Å². The number of rotatable bonds is 7. The van der Waals surface area contributed by atoms with Gasteiger partial charge in [-0.05, 0) is 39.4 Å². The average Bonchev–Trinajstić information content (AvgIpc) is 2.61. The van der Waals surface area contributed by atoms with Crippen molar-refractivity contribution >= 4 is 0 Å². The van der Waals surface area contributed by atoms with Gasteiger partial charge in [0.25, 0.3) is 0 Å². The molecule has 0 spiro atoms. The molecule has 1 atom stereocenters. The van der Waals surface area contributed by atoms with Crippen molar-refractivity contribution in [2.24, 2.45) is 0 Å². The molecule has 0 saturated heterocycles. The first-order valence-electron chi connectivity index (χ1n) is 6.00. The molecule has 4 nitrogen and oxygen atoms in total. The lowest BCUT2D eigenvalue weighted by Gasteiger charge is -2.20. The maximum Gasteiger partial charge on any atom is 0.120 e. The van der Waals surface area contributed by atoms with Gasteiger partial charge >= 0.3 is 0 Å². The SMILES string of the molecule is Cc1ccoc1CN(C)CC(O)COC(C)C. The fourth-order valence-electron chi connectivity index (χ4n) is 1.59. The van der Waals surface area contributed by atoms with Crippen molar-refractivity contribution in [2.75, 3.05) is 20.2 Å². The van der Waals surface area contributed by atoms with Crippen molar-refractivity contribution in [1.82, 2.24) is 4.90 Å². The first-order valence-corrected chi connectivity index (χ1v) is 6.00. The largest absolute Gasteiger partial charge is 0.468 e. The van der Waals surface area contributed by atoms with Crippen LogP contribution in [0.3, 0.4) is 0 Å². The monoisotopic (exact) mass is 241 g/mol. The molecule has 0 radical (unpaired) electrons. The predicted molar refractivity (Wildman–Crippen MR) is 66.9 cm³/mol. The Morgan fingerprint density at radius 3 is 2.71 bits per heavy atom. The minimum absolute atomic E-state index is 0.155. The van der Waals surface area contributed by atoms with Gasteiger partial charge in [-0.25, -0.2) is 0 Å². The summed E-state index contributed by atoms with van der Waals surface area (Å²) < 4.78 is 10.7. The third-order valence-corrected chi connectivity index (χ3v) is 2.53. The van der Waals surface area contributed by atoms with Gasteiger partial charge in [-0.2, -0.15) is 0 Å². The maximum absolute atomic E-state index is 9.77. The summed E-state index contributed by atoms with van der Waals surface area (Å²) >= 11 is 0. The molecule has 0 aliphatic rings. The van der Waals surface area contributed by atoms with E-state index in [2.05, 4.69) is 0 Å². The van der Waals surface area contributed by atoms with Gasteiger partial charge in [0.05, 0.1) is 31.6 Å². The Balaban J connectivity index is 2.29. The van der Waals surface area contributed by atoms with Crippen LogP contribution in [-0.2, 0) is 11.3 Å². The first kappa shape index (κ1) is 14.2. The quantitative estimate of drug-likeness (QED) is 0.790. The molecule has 0 aromatic carbocycles. The van der Waals surface area contributed by atoms with E-state index in [0.29, 0.717) is 19.7 Å². The number of ether oxygens (including phenoxy) is 1. The van der Waals surface area contributed by atoms with E-state index >= 15 is 0 Å². The smallest absolute Gasteiger partial charge is 0.120 e. The topological polar surface area (TPSA) is 45.8 Å². The molecule has 0 amide bonds. The Morgan fingerprint density at radius 1 is 1.47 bits per heavy atom. The van der Waals surface area contributed by atoms with Crippen molar-refractivity contribution in [3.63, 3.8) is 0 Å². The molecule has 1 rings (SSSR count). The van der Waals surface area contributed by atoms with Crippen molar-refractivity contribution in [1.29, 1.82) is 0 Å². The van der Waals surface area contributed by atoms with Gasteiger partial charge in [0.15, 0.2) is 0 Å². The van der Waals surface area contributed by atoms with E-state index in [1.807, 2.05) is 38.8 Å². The van der Waals surface area contributed by atoms with Crippen molar-refractivity contribution < 1.29 is 14.3 Å². The zero-order valence-electron chi connectivity index (χ0n) is 11.1. The van der Waals surface area contributed by atoms with Gasteiger partial charge in [-0.3, -0.25) is 4.90 Å². The lowest BCUT2D eigenvalue weighted by molar-refractivity contribution is -0.00691. The van der Waals surface area contributed by atoms with Crippen LogP contribution in [0.2, 0.25) is 0 Å². The van der Waals surface area contributed by atoms with E-state index < -0.39 is 6.10 Å². The summed E-state index contributed by atoms with van der Waals surface area (Å²) in [4.78, 5) is 2.03. The molecule has 0 fully saturated rings. The molecule has 1 aromatic rings. The van der Waals surface area contributed by atoms with E-state index in [1.54, 1.807) is 6.26 Å². The third-order valence-electron chi connectivity index (χ3n) is 2.53. The van der Waals surface area contributed by atoms with E-state index in [0.717, 1.165) is 11.3 Å². The average molecular weight is 241 g/mol. The fourth-order valence-corrected chi connectivity index (χ4v) is 1.59. The molecule has 17 heavy (non-hydrogen) atoms. The van der Waals surface area contributed by atoms with E-state index in [-0.39, 0.29) is 6.10 Å². The lowest BCUT2D eigenvalue weighted by atomic mass is 10.2. The molecular formula is C13H23NO3. The number of hydrogen-bond acceptors (Lipinski definition) is 4. The van der Waals surface area contributed by atoms with Gasteiger partial charge in [0, 0.05) is 6.54 Å². The Labute approximate surface area is 103 Å². The third kappa shape index (κ3) is 5.35. The highest BCUT2D eigenvalue weighted by Crippen LogP contribution is 2.11. The summed E-state index contributed by atoms with van der Waals surface area (Å²) in [5, 5.41) is 9.77. The summed E-state index contributed by atoms with van der Waals surface area (Å²) in [5.74, 6) is 0.949. The van der Waals surface area contributed by atoms with Crippen molar-refractivity contribution in [2.45, 2.75) is 39.5 Å². The first-order chi connectivity index (χ1) is 7.99. The van der Waals surface area contributed by atoms with E-state index in [9.17, 15) is 5.11 Å². The summed E-state index contributed by atoms with van der Waals surface area (Å²) in [6.07, 6.45) is 1.39. The highest BCUT2D eigenvalue weighted by molar-refractivity contribution is 5.14.